The van der Waals surface area contributed by atoms with Crippen molar-refractivity contribution in [1.29, 1.82) is 0 Å². The van der Waals surface area contributed by atoms with Gasteiger partial charge < -0.3 is 48.5 Å². The molecule has 2 fully saturated rings. The summed E-state index contributed by atoms with van der Waals surface area (Å²) in [4.78, 5) is 2.38. The molecule has 6 rings (SSSR count). The fourth-order valence-electron chi connectivity index (χ4n) is 4.77. The van der Waals surface area contributed by atoms with E-state index in [1.54, 1.807) is 12.1 Å². The molecular weight excluding hydrogens is 851 g/mol. The zero-order valence-corrected chi connectivity index (χ0v) is 37.6. The predicted octanol–water partition coefficient (Wildman–Crippen LogP) is 8.03. The molecule has 327 valence electrons. The van der Waals surface area contributed by atoms with E-state index in [2.05, 4.69) is 41.6 Å². The van der Waals surface area contributed by atoms with Gasteiger partial charge in [-0.3, -0.25) is 0 Å². The van der Waals surface area contributed by atoms with Crippen LogP contribution in [0.2, 0.25) is 0 Å². The highest BCUT2D eigenvalue weighted by atomic mass is 79.9. The number of ether oxygens (including phenoxy) is 1. The molecule has 18 heteroatoms. The zero-order chi connectivity index (χ0) is 45.6. The normalized spacial score (nSPS) is 16.4. The summed E-state index contributed by atoms with van der Waals surface area (Å²) in [5.74, 6) is -3.18. The monoisotopic (exact) mass is 906 g/mol. The van der Waals surface area contributed by atoms with Crippen LogP contribution in [0.4, 0.5) is 17.6 Å². The maximum absolute atomic E-state index is 13.6. The molecule has 60 heavy (non-hydrogen) atoms. The molecule has 4 aromatic rings. The van der Waals surface area contributed by atoms with E-state index in [1.165, 1.54) is 81.9 Å². The third-order valence-electron chi connectivity index (χ3n) is 10.2. The average molecular weight is 907 g/mol. The van der Waals surface area contributed by atoms with Crippen molar-refractivity contribution < 1.29 is 61.2 Å². The van der Waals surface area contributed by atoms with E-state index in [1.807, 2.05) is 55.4 Å². The van der Waals surface area contributed by atoms with Gasteiger partial charge in [0.1, 0.15) is 11.6 Å². The SMILES string of the molecule is CC1(C)OB(c2ccc(O)c(F)c2)OC1(C)C.CC1(C)O[B]OC1(C)C.CCN(CC)CC.OB(O)c1ccc(Oc2cccc(F)c2)c(F)c1.Oc1ccc(Br)cc1F. The molecule has 2 heterocycles. The maximum Gasteiger partial charge on any atom is 0.494 e. The first kappa shape index (κ1) is 52.5. The highest BCUT2D eigenvalue weighted by Crippen LogP contribution is 2.37. The van der Waals surface area contributed by atoms with Crippen LogP contribution in [0, 0.1) is 23.3 Å². The largest absolute Gasteiger partial charge is 0.505 e. The standard InChI is InChI=1S/C12H9BF2O3.C12H16BFO3.C6H12BO2.C6H4BrFO.C6H15N/c14-9-2-1-3-10(7-9)18-12-5-4-8(13(16)17)6-11(12)15;1-11(2)12(3,4)17-13(16-11)8-5-6-10(15)9(14)7-8;1-5(2)6(3,4)9-7-8-5;7-4-1-2-6(9)5(8)3-4;1-4-7(5-2)6-3/h1-7,16-17H;5-7,15H,1-4H3;1-4H3;1-3,9H;4-6H2,1-3H3. The lowest BCUT2D eigenvalue weighted by molar-refractivity contribution is 0.00578. The first-order valence-corrected chi connectivity index (χ1v) is 20.1. The van der Waals surface area contributed by atoms with Crippen LogP contribution in [0.1, 0.15) is 76.2 Å². The summed E-state index contributed by atoms with van der Waals surface area (Å²) in [6, 6.07) is 17.0. The van der Waals surface area contributed by atoms with E-state index in [4.69, 9.17) is 43.6 Å². The number of nitrogens with zero attached hydrogens (tertiary/aromatic N) is 1. The van der Waals surface area contributed by atoms with Gasteiger partial charge in [-0.15, -0.1) is 0 Å². The van der Waals surface area contributed by atoms with Crippen LogP contribution in [-0.2, 0) is 18.6 Å². The van der Waals surface area contributed by atoms with Crippen molar-refractivity contribution in [2.45, 2.75) is 98.6 Å². The Bertz CT molecular complexity index is 1920. The predicted molar refractivity (Wildman–Crippen MR) is 232 cm³/mol. The van der Waals surface area contributed by atoms with Crippen molar-refractivity contribution in [3.8, 4) is 23.0 Å². The van der Waals surface area contributed by atoms with Crippen molar-refractivity contribution in [2.24, 2.45) is 0 Å². The van der Waals surface area contributed by atoms with E-state index < -0.39 is 48.7 Å². The molecule has 0 amide bonds. The van der Waals surface area contributed by atoms with Crippen molar-refractivity contribution in [3.63, 3.8) is 0 Å². The summed E-state index contributed by atoms with van der Waals surface area (Å²) < 4.78 is 79.7. The molecule has 10 nitrogen and oxygen atoms in total. The van der Waals surface area contributed by atoms with Gasteiger partial charge in [0.15, 0.2) is 34.7 Å². The lowest BCUT2D eigenvalue weighted by Gasteiger charge is -2.32. The Labute approximate surface area is 361 Å². The number of hydrogen-bond donors (Lipinski definition) is 4. The first-order chi connectivity index (χ1) is 27.8. The van der Waals surface area contributed by atoms with Crippen molar-refractivity contribution >= 4 is 48.8 Å². The lowest BCUT2D eigenvalue weighted by atomic mass is 9.79. The topological polar surface area (TPSA) is 130 Å². The molecule has 0 atom stereocenters. The molecule has 0 aromatic heterocycles. The van der Waals surface area contributed by atoms with Gasteiger partial charge in [0.2, 0.25) is 0 Å². The molecule has 2 aliphatic rings. The minimum Gasteiger partial charge on any atom is -0.505 e. The Balaban J connectivity index is 0.000000272. The van der Waals surface area contributed by atoms with E-state index in [0.29, 0.717) is 9.94 Å². The number of halogens is 5. The number of phenols is 2. The molecule has 2 aliphatic heterocycles. The van der Waals surface area contributed by atoms with Gasteiger partial charge in [-0.05, 0) is 141 Å². The molecule has 0 bridgehead atoms. The van der Waals surface area contributed by atoms with Crippen molar-refractivity contribution in [1.82, 2.24) is 4.90 Å². The molecule has 0 aliphatic carbocycles. The summed E-state index contributed by atoms with van der Waals surface area (Å²) in [5, 5.41) is 35.5. The molecule has 4 N–H and O–H groups in total. The first-order valence-electron chi connectivity index (χ1n) is 19.3. The number of aromatic hydroxyl groups is 2. The van der Waals surface area contributed by atoms with Crippen LogP contribution in [0.15, 0.2) is 83.3 Å². The van der Waals surface area contributed by atoms with Crippen LogP contribution in [-0.4, -0.2) is 89.1 Å². The quantitative estimate of drug-likeness (QED) is 0.107. The maximum atomic E-state index is 13.6. The highest BCUT2D eigenvalue weighted by Gasteiger charge is 2.51. The van der Waals surface area contributed by atoms with Gasteiger partial charge in [-0.25, -0.2) is 17.6 Å². The number of hydrogen-bond acceptors (Lipinski definition) is 10. The minimum atomic E-state index is -1.75. The molecule has 1 radical (unpaired) electrons. The summed E-state index contributed by atoms with van der Waals surface area (Å²) in [5.41, 5.74) is -0.698. The van der Waals surface area contributed by atoms with E-state index in [0.717, 1.165) is 12.1 Å². The van der Waals surface area contributed by atoms with Crippen LogP contribution < -0.4 is 15.7 Å². The van der Waals surface area contributed by atoms with Crippen LogP contribution in [0.3, 0.4) is 0 Å². The van der Waals surface area contributed by atoms with Gasteiger partial charge in [0.05, 0.1) is 22.4 Å². The second-order valence-electron chi connectivity index (χ2n) is 15.5. The Morgan fingerprint density at radius 2 is 1.18 bits per heavy atom. The Kier molecular flexibility index (Phi) is 20.1. The molecular formula is C42H56B3BrF4NO9. The van der Waals surface area contributed by atoms with Crippen molar-refractivity contribution in [3.05, 3.63) is 107 Å². The fraction of sp³-hybridized carbons (Fsp3) is 0.429. The third-order valence-corrected chi connectivity index (χ3v) is 10.7. The van der Waals surface area contributed by atoms with Crippen molar-refractivity contribution in [2.75, 3.05) is 19.6 Å². The summed E-state index contributed by atoms with van der Waals surface area (Å²) >= 11 is 3.05. The average Bonchev–Trinajstić information content (AvgIpc) is 3.55. The lowest BCUT2D eigenvalue weighted by Crippen LogP contribution is -2.41. The molecule has 2 saturated heterocycles. The van der Waals surface area contributed by atoms with E-state index >= 15 is 0 Å². The van der Waals surface area contributed by atoms with Gasteiger partial charge >= 0.3 is 21.9 Å². The Hall–Kier alpha value is -3.61. The molecule has 0 unspecified atom stereocenters. The number of phenolic OH excluding ortho intramolecular Hbond substituents is 2. The number of benzene rings is 4. The summed E-state index contributed by atoms with van der Waals surface area (Å²) in [6.07, 6.45) is 0. The summed E-state index contributed by atoms with van der Waals surface area (Å²) in [6.45, 7) is 25.9. The van der Waals surface area contributed by atoms with Gasteiger partial charge in [0, 0.05) is 10.5 Å². The van der Waals surface area contributed by atoms with E-state index in [-0.39, 0.29) is 39.7 Å². The fourth-order valence-corrected chi connectivity index (χ4v) is 5.10. The Morgan fingerprint density at radius 1 is 0.667 bits per heavy atom. The van der Waals surface area contributed by atoms with Crippen LogP contribution >= 0.6 is 15.9 Å². The molecule has 0 spiro atoms. The Morgan fingerprint density at radius 3 is 1.57 bits per heavy atom. The van der Waals surface area contributed by atoms with Crippen LogP contribution in [0.25, 0.3) is 0 Å². The van der Waals surface area contributed by atoms with Gasteiger partial charge in [-0.1, -0.05) is 54.9 Å². The molecule has 4 aromatic carbocycles. The third kappa shape index (κ3) is 15.7. The van der Waals surface area contributed by atoms with Gasteiger partial charge in [0.25, 0.3) is 0 Å². The van der Waals surface area contributed by atoms with Crippen LogP contribution in [0.5, 0.6) is 23.0 Å². The smallest absolute Gasteiger partial charge is 0.494 e. The van der Waals surface area contributed by atoms with Gasteiger partial charge in [-0.2, -0.15) is 0 Å². The molecule has 0 saturated carbocycles. The minimum absolute atomic E-state index is 0.0130. The zero-order valence-electron chi connectivity index (χ0n) is 36.0. The second-order valence-corrected chi connectivity index (χ2v) is 16.4. The number of rotatable bonds is 7. The second kappa shape index (κ2) is 23.0. The van der Waals surface area contributed by atoms with E-state index in [9.17, 15) is 17.6 Å². The summed E-state index contributed by atoms with van der Waals surface area (Å²) in [7, 11) is -0.933. The highest BCUT2D eigenvalue weighted by molar-refractivity contribution is 9.10.